The van der Waals surface area contributed by atoms with Crippen LogP contribution in [0.5, 0.6) is 5.75 Å². The zero-order chi connectivity index (χ0) is 14.8. The Morgan fingerprint density at radius 2 is 2.00 bits per heavy atom. The molecule has 0 heterocycles. The van der Waals surface area contributed by atoms with Crippen LogP contribution in [0.15, 0.2) is 29.2 Å². The van der Waals surface area contributed by atoms with Gasteiger partial charge in [-0.05, 0) is 56.9 Å². The molecule has 0 amide bonds. The molecule has 0 unspecified atom stereocenters. The Morgan fingerprint density at radius 3 is 2.45 bits per heavy atom. The molecule has 1 aromatic carbocycles. The summed E-state index contributed by atoms with van der Waals surface area (Å²) in [7, 11) is -3.69. The Labute approximate surface area is 119 Å². The van der Waals surface area contributed by atoms with E-state index in [0.29, 0.717) is 12.4 Å². The van der Waals surface area contributed by atoms with Crippen molar-refractivity contribution in [3.05, 3.63) is 24.3 Å². The fourth-order valence-corrected chi connectivity index (χ4v) is 3.46. The highest BCUT2D eigenvalue weighted by Crippen LogP contribution is 2.39. The predicted molar refractivity (Wildman–Crippen MR) is 74.7 cm³/mol. The molecule has 1 fully saturated rings. The van der Waals surface area contributed by atoms with E-state index in [1.807, 2.05) is 6.92 Å². The van der Waals surface area contributed by atoms with E-state index in [1.165, 1.54) is 12.1 Å². The lowest BCUT2D eigenvalue weighted by Crippen LogP contribution is -2.46. The molecule has 0 bridgehead atoms. The molecule has 1 aliphatic rings. The Hall–Kier alpha value is -1.58. The van der Waals surface area contributed by atoms with Gasteiger partial charge < -0.3 is 4.74 Å². The quantitative estimate of drug-likeness (QED) is 0.871. The molecule has 0 spiro atoms. The van der Waals surface area contributed by atoms with Gasteiger partial charge in [-0.15, -0.1) is 0 Å². The lowest BCUT2D eigenvalue weighted by molar-refractivity contribution is 0.340. The molecule has 5 nitrogen and oxygen atoms in total. The third-order valence-electron chi connectivity index (χ3n) is 3.42. The maximum absolute atomic E-state index is 12.3. The van der Waals surface area contributed by atoms with Crippen molar-refractivity contribution >= 4 is 10.0 Å². The third-order valence-corrected chi connectivity index (χ3v) is 5.00. The van der Waals surface area contributed by atoms with E-state index in [0.717, 1.165) is 12.8 Å². The first-order valence-corrected chi connectivity index (χ1v) is 8.07. The summed E-state index contributed by atoms with van der Waals surface area (Å²) in [5, 5.41) is 9.22. The van der Waals surface area contributed by atoms with Gasteiger partial charge in [0.2, 0.25) is 10.0 Å². The number of sulfonamides is 1. The Bertz CT molecular complexity index is 615. The Morgan fingerprint density at radius 1 is 1.40 bits per heavy atom. The lowest BCUT2D eigenvalue weighted by atomic mass is 10.0. The highest BCUT2D eigenvalue weighted by molar-refractivity contribution is 7.89. The van der Waals surface area contributed by atoms with Gasteiger partial charge in [-0.25, -0.2) is 8.42 Å². The van der Waals surface area contributed by atoms with E-state index >= 15 is 0 Å². The van der Waals surface area contributed by atoms with E-state index < -0.39 is 15.6 Å². The number of benzene rings is 1. The normalized spacial score (nSPS) is 18.1. The van der Waals surface area contributed by atoms with Crippen LogP contribution in [-0.4, -0.2) is 20.6 Å². The van der Waals surface area contributed by atoms with Crippen molar-refractivity contribution in [2.24, 2.45) is 5.92 Å². The monoisotopic (exact) mass is 294 g/mol. The molecule has 0 radical (unpaired) electrons. The first kappa shape index (κ1) is 14.8. The second-order valence-electron chi connectivity index (χ2n) is 5.10. The maximum atomic E-state index is 12.3. The zero-order valence-electron chi connectivity index (χ0n) is 11.6. The largest absolute Gasteiger partial charge is 0.494 e. The topological polar surface area (TPSA) is 79.2 Å². The number of rotatable bonds is 6. The fraction of sp³-hybridized carbons (Fsp3) is 0.500. The number of nitrogens with zero attached hydrogens (tertiary/aromatic N) is 1. The molecule has 1 saturated carbocycles. The van der Waals surface area contributed by atoms with Crippen molar-refractivity contribution < 1.29 is 13.2 Å². The average Bonchev–Trinajstić information content (AvgIpc) is 3.24. The van der Waals surface area contributed by atoms with E-state index in [4.69, 9.17) is 4.74 Å². The minimum atomic E-state index is -3.69. The molecule has 20 heavy (non-hydrogen) atoms. The van der Waals surface area contributed by atoms with Crippen LogP contribution < -0.4 is 9.46 Å². The molecule has 2 rings (SSSR count). The fourth-order valence-electron chi connectivity index (χ4n) is 2.08. The van der Waals surface area contributed by atoms with Gasteiger partial charge in [-0.1, -0.05) is 0 Å². The maximum Gasteiger partial charge on any atom is 0.241 e. The Balaban J connectivity index is 2.20. The molecular formula is C14H18N2O3S. The van der Waals surface area contributed by atoms with Gasteiger partial charge in [0.25, 0.3) is 0 Å². The first-order valence-electron chi connectivity index (χ1n) is 6.59. The molecule has 1 atom stereocenters. The summed E-state index contributed by atoms with van der Waals surface area (Å²) in [5.41, 5.74) is -1.03. The number of hydrogen-bond donors (Lipinski definition) is 1. The zero-order valence-corrected chi connectivity index (χ0v) is 12.4. The number of nitriles is 1. The smallest absolute Gasteiger partial charge is 0.241 e. The highest BCUT2D eigenvalue weighted by atomic mass is 32.2. The summed E-state index contributed by atoms with van der Waals surface area (Å²) in [6, 6.07) is 8.27. The third kappa shape index (κ3) is 3.11. The predicted octanol–water partition coefficient (Wildman–Crippen LogP) is 2.06. The molecule has 1 N–H and O–H groups in total. The lowest BCUT2D eigenvalue weighted by Gasteiger charge is -2.22. The summed E-state index contributed by atoms with van der Waals surface area (Å²) in [5.74, 6) is 0.724. The van der Waals surface area contributed by atoms with Crippen molar-refractivity contribution in [1.82, 2.24) is 4.72 Å². The standard InChI is InChI=1S/C14H18N2O3S/c1-3-19-12-6-8-13(9-7-12)20(17,18)16-14(2,10-15)11-4-5-11/h6-9,11,16H,3-5H2,1-2H3/t14-/m1/s1. The molecule has 0 aromatic heterocycles. The van der Waals surface area contributed by atoms with Gasteiger partial charge in [0.15, 0.2) is 0 Å². The van der Waals surface area contributed by atoms with Crippen LogP contribution in [0.25, 0.3) is 0 Å². The number of ether oxygens (including phenoxy) is 1. The van der Waals surface area contributed by atoms with Crippen molar-refractivity contribution in [3.8, 4) is 11.8 Å². The second kappa shape index (κ2) is 5.43. The van der Waals surface area contributed by atoms with E-state index in [9.17, 15) is 13.7 Å². The molecule has 0 aliphatic heterocycles. The van der Waals surface area contributed by atoms with Crippen molar-refractivity contribution in [2.75, 3.05) is 6.61 Å². The van der Waals surface area contributed by atoms with E-state index in [-0.39, 0.29) is 10.8 Å². The molecule has 6 heteroatoms. The van der Waals surface area contributed by atoms with Crippen molar-refractivity contribution in [3.63, 3.8) is 0 Å². The van der Waals surface area contributed by atoms with Crippen LogP contribution in [0, 0.1) is 17.2 Å². The molecule has 0 saturated heterocycles. The van der Waals surface area contributed by atoms with Crippen LogP contribution in [0.3, 0.4) is 0 Å². The van der Waals surface area contributed by atoms with Gasteiger partial charge in [-0.2, -0.15) is 9.98 Å². The van der Waals surface area contributed by atoms with Crippen LogP contribution in [0.2, 0.25) is 0 Å². The number of hydrogen-bond acceptors (Lipinski definition) is 4. The Kier molecular flexibility index (Phi) is 4.02. The van der Waals surface area contributed by atoms with Gasteiger partial charge in [-0.3, -0.25) is 0 Å². The SMILES string of the molecule is CCOc1ccc(S(=O)(=O)N[C@](C)(C#N)C2CC2)cc1. The number of nitrogens with one attached hydrogen (secondary N) is 1. The van der Waals surface area contributed by atoms with Gasteiger partial charge >= 0.3 is 0 Å². The van der Waals surface area contributed by atoms with E-state index in [1.54, 1.807) is 19.1 Å². The van der Waals surface area contributed by atoms with Crippen molar-refractivity contribution in [2.45, 2.75) is 37.1 Å². The van der Waals surface area contributed by atoms with E-state index in [2.05, 4.69) is 10.8 Å². The minimum absolute atomic E-state index is 0.102. The minimum Gasteiger partial charge on any atom is -0.494 e. The summed E-state index contributed by atoms with van der Waals surface area (Å²) in [6.07, 6.45) is 1.77. The van der Waals surface area contributed by atoms with Crippen molar-refractivity contribution in [1.29, 1.82) is 5.26 Å². The van der Waals surface area contributed by atoms with Crippen LogP contribution in [-0.2, 0) is 10.0 Å². The van der Waals surface area contributed by atoms with Crippen LogP contribution in [0.4, 0.5) is 0 Å². The highest BCUT2D eigenvalue weighted by Gasteiger charge is 2.44. The molecule has 1 aliphatic carbocycles. The van der Waals surface area contributed by atoms with Crippen LogP contribution >= 0.6 is 0 Å². The van der Waals surface area contributed by atoms with Gasteiger partial charge in [0.05, 0.1) is 17.6 Å². The molecular weight excluding hydrogens is 276 g/mol. The summed E-state index contributed by atoms with van der Waals surface area (Å²) >= 11 is 0. The molecule has 108 valence electrons. The van der Waals surface area contributed by atoms with Gasteiger partial charge in [0, 0.05) is 0 Å². The molecule has 1 aromatic rings. The summed E-state index contributed by atoms with van der Waals surface area (Å²) in [4.78, 5) is 0.142. The summed E-state index contributed by atoms with van der Waals surface area (Å²) < 4.78 is 32.4. The first-order chi connectivity index (χ1) is 9.41. The van der Waals surface area contributed by atoms with Gasteiger partial charge in [0.1, 0.15) is 11.3 Å². The average molecular weight is 294 g/mol. The second-order valence-corrected chi connectivity index (χ2v) is 6.78. The summed E-state index contributed by atoms with van der Waals surface area (Å²) in [6.45, 7) is 4.02. The van der Waals surface area contributed by atoms with Crippen LogP contribution in [0.1, 0.15) is 26.7 Å².